The average Bonchev–Trinajstić information content (AvgIpc) is 2.85. The van der Waals surface area contributed by atoms with Crippen LogP contribution >= 0.6 is 0 Å². The predicted octanol–water partition coefficient (Wildman–Crippen LogP) is 4.06. The molecule has 0 bridgehead atoms. The Hall–Kier alpha value is -3.30. The average molecular weight is 547 g/mol. The molecule has 1 aromatic rings. The number of amides is 4. The van der Waals surface area contributed by atoms with E-state index in [-0.39, 0.29) is 24.2 Å². The Balaban J connectivity index is 2.45. The summed E-state index contributed by atoms with van der Waals surface area (Å²) in [6.45, 7) is 7.37. The van der Waals surface area contributed by atoms with E-state index in [0.29, 0.717) is 12.0 Å². The van der Waals surface area contributed by atoms with Crippen molar-refractivity contribution < 1.29 is 29.0 Å². The number of hydrogen-bond donors (Lipinski definition) is 4. The Kier molecular flexibility index (Phi) is 12.5. The van der Waals surface area contributed by atoms with Gasteiger partial charge in [-0.05, 0) is 57.7 Å². The maximum Gasteiger partial charge on any atom is 0.408 e. The molecular weight excluding hydrogens is 500 g/mol. The van der Waals surface area contributed by atoms with E-state index in [1.165, 1.54) is 17.0 Å². The molecule has 1 aliphatic rings. The first-order valence-corrected chi connectivity index (χ1v) is 14.1. The molecule has 0 heterocycles. The van der Waals surface area contributed by atoms with Crippen LogP contribution in [0.1, 0.15) is 104 Å². The number of rotatable bonds is 13. The van der Waals surface area contributed by atoms with E-state index in [9.17, 15) is 24.3 Å². The number of benzene rings is 1. The second-order valence-electron chi connectivity index (χ2n) is 11.3. The predicted molar refractivity (Wildman–Crippen MR) is 149 cm³/mol. The summed E-state index contributed by atoms with van der Waals surface area (Å²) in [4.78, 5) is 53.8. The molecule has 0 radical (unpaired) electrons. The Morgan fingerprint density at radius 2 is 1.69 bits per heavy atom. The van der Waals surface area contributed by atoms with Crippen LogP contribution in [0.15, 0.2) is 24.3 Å². The molecule has 2 atom stereocenters. The summed E-state index contributed by atoms with van der Waals surface area (Å²) < 4.78 is 5.32. The van der Waals surface area contributed by atoms with Gasteiger partial charge in [-0.25, -0.2) is 4.79 Å². The lowest BCUT2D eigenvalue weighted by Gasteiger charge is -2.35. The number of nitrogens with one attached hydrogen (secondary N) is 2. The molecule has 2 rings (SSSR count). The van der Waals surface area contributed by atoms with Gasteiger partial charge < -0.3 is 31.1 Å². The van der Waals surface area contributed by atoms with Crippen molar-refractivity contribution in [1.82, 2.24) is 15.5 Å². The quantitative estimate of drug-likeness (QED) is 0.274. The second-order valence-corrected chi connectivity index (χ2v) is 11.3. The van der Waals surface area contributed by atoms with Gasteiger partial charge in [0, 0.05) is 12.6 Å². The highest BCUT2D eigenvalue weighted by Crippen LogP contribution is 2.27. The number of phenols is 1. The van der Waals surface area contributed by atoms with Crippen LogP contribution in [0, 0.1) is 0 Å². The topological polar surface area (TPSA) is 151 Å². The molecule has 1 aromatic carbocycles. The number of alkyl carbamates (subject to hydrolysis) is 1. The Morgan fingerprint density at radius 1 is 1.05 bits per heavy atom. The van der Waals surface area contributed by atoms with Gasteiger partial charge in [-0.15, -0.1) is 0 Å². The van der Waals surface area contributed by atoms with Gasteiger partial charge >= 0.3 is 6.09 Å². The molecule has 2 unspecified atom stereocenters. The van der Waals surface area contributed by atoms with Crippen molar-refractivity contribution in [1.29, 1.82) is 0 Å². The minimum atomic E-state index is -1.31. The van der Waals surface area contributed by atoms with Gasteiger partial charge in [-0.2, -0.15) is 0 Å². The fourth-order valence-corrected chi connectivity index (χ4v) is 4.78. The van der Waals surface area contributed by atoms with Crippen LogP contribution in [0.25, 0.3) is 0 Å². The van der Waals surface area contributed by atoms with Crippen molar-refractivity contribution in [2.75, 3.05) is 6.54 Å². The summed E-state index contributed by atoms with van der Waals surface area (Å²) in [5.41, 5.74) is 5.15. The van der Waals surface area contributed by atoms with Gasteiger partial charge in [0.05, 0.1) is 6.42 Å². The first-order chi connectivity index (χ1) is 18.4. The number of aromatic hydroxyl groups is 1. The Labute approximate surface area is 232 Å². The van der Waals surface area contributed by atoms with E-state index >= 15 is 0 Å². The fraction of sp³-hybridized carbons (Fsp3) is 0.655. The number of carbonyl (C=O) groups is 4. The van der Waals surface area contributed by atoms with Crippen LogP contribution < -0.4 is 16.4 Å². The number of carbonyl (C=O) groups excluding carboxylic acids is 4. The van der Waals surface area contributed by atoms with Crippen molar-refractivity contribution in [2.24, 2.45) is 5.73 Å². The third-order valence-corrected chi connectivity index (χ3v) is 6.65. The standard InChI is InChI=1S/C29H46N4O6/c1-5-6-7-11-18-33(27(37)23(19-24(30)35)32-28(38)39-29(2,3)4)25(20-14-16-22(34)17-15-20)26(36)31-21-12-9-8-10-13-21/h14-17,21,23,25,34H,5-13,18-19H2,1-4H3,(H2,30,35)(H,31,36)(H,32,38). The zero-order chi connectivity index (χ0) is 29.0. The summed E-state index contributed by atoms with van der Waals surface area (Å²) in [5, 5.41) is 15.5. The van der Waals surface area contributed by atoms with Crippen LogP contribution in [0.3, 0.4) is 0 Å². The summed E-state index contributed by atoms with van der Waals surface area (Å²) >= 11 is 0. The molecule has 4 amide bonds. The zero-order valence-corrected chi connectivity index (χ0v) is 23.8. The Bertz CT molecular complexity index is 954. The lowest BCUT2D eigenvalue weighted by atomic mass is 9.94. The van der Waals surface area contributed by atoms with E-state index in [1.807, 2.05) is 0 Å². The third kappa shape index (κ3) is 11.1. The lowest BCUT2D eigenvalue weighted by Crippen LogP contribution is -2.55. The van der Waals surface area contributed by atoms with Gasteiger partial charge in [0.15, 0.2) is 0 Å². The van der Waals surface area contributed by atoms with Crippen LogP contribution in [-0.4, -0.2) is 58.1 Å². The Morgan fingerprint density at radius 3 is 2.26 bits per heavy atom. The molecule has 218 valence electrons. The monoisotopic (exact) mass is 546 g/mol. The number of primary amides is 1. The summed E-state index contributed by atoms with van der Waals surface area (Å²) in [6, 6.07) is 3.81. The van der Waals surface area contributed by atoms with Crippen molar-refractivity contribution >= 4 is 23.8 Å². The van der Waals surface area contributed by atoms with Crippen LogP contribution in [0.4, 0.5) is 4.79 Å². The molecule has 10 nitrogen and oxygen atoms in total. The zero-order valence-electron chi connectivity index (χ0n) is 23.8. The number of nitrogens with zero attached hydrogens (tertiary/aromatic N) is 1. The molecule has 0 aliphatic heterocycles. The molecule has 1 fully saturated rings. The first kappa shape index (κ1) is 31.9. The molecular formula is C29H46N4O6. The number of phenolic OH excluding ortho intramolecular Hbond substituents is 1. The van der Waals surface area contributed by atoms with Crippen molar-refractivity contribution in [3.8, 4) is 5.75 Å². The van der Waals surface area contributed by atoms with Crippen LogP contribution in [0.2, 0.25) is 0 Å². The van der Waals surface area contributed by atoms with Gasteiger partial charge in [0.2, 0.25) is 17.7 Å². The summed E-state index contributed by atoms with van der Waals surface area (Å²) in [7, 11) is 0. The number of hydrogen-bond acceptors (Lipinski definition) is 6. The van der Waals surface area contributed by atoms with Crippen LogP contribution in [-0.2, 0) is 19.1 Å². The largest absolute Gasteiger partial charge is 0.508 e. The van der Waals surface area contributed by atoms with Crippen molar-refractivity contribution in [3.63, 3.8) is 0 Å². The molecule has 0 saturated heterocycles. The van der Waals surface area contributed by atoms with Gasteiger partial charge in [0.25, 0.3) is 0 Å². The second kappa shape index (κ2) is 15.3. The molecule has 0 aromatic heterocycles. The minimum absolute atomic E-state index is 0.00390. The maximum atomic E-state index is 14.0. The molecule has 39 heavy (non-hydrogen) atoms. The smallest absolute Gasteiger partial charge is 0.408 e. The van der Waals surface area contributed by atoms with E-state index in [4.69, 9.17) is 10.5 Å². The highest BCUT2D eigenvalue weighted by Gasteiger charge is 2.37. The number of unbranched alkanes of at least 4 members (excludes halogenated alkanes) is 3. The molecule has 10 heteroatoms. The van der Waals surface area contributed by atoms with Gasteiger partial charge in [-0.1, -0.05) is 57.6 Å². The highest BCUT2D eigenvalue weighted by atomic mass is 16.6. The van der Waals surface area contributed by atoms with Gasteiger partial charge in [-0.3, -0.25) is 14.4 Å². The highest BCUT2D eigenvalue weighted by molar-refractivity contribution is 5.94. The fourth-order valence-electron chi connectivity index (χ4n) is 4.78. The first-order valence-electron chi connectivity index (χ1n) is 14.1. The summed E-state index contributed by atoms with van der Waals surface area (Å²) in [5.74, 6) is -1.69. The minimum Gasteiger partial charge on any atom is -0.508 e. The third-order valence-electron chi connectivity index (χ3n) is 6.65. The SMILES string of the molecule is CCCCCCN(C(=O)C(CC(N)=O)NC(=O)OC(C)(C)C)C(C(=O)NC1CCCCC1)c1ccc(O)cc1. The lowest BCUT2D eigenvalue weighted by molar-refractivity contribution is -0.143. The number of ether oxygens (including phenoxy) is 1. The molecule has 1 aliphatic carbocycles. The number of nitrogens with two attached hydrogens (primary N) is 1. The van der Waals surface area contributed by atoms with E-state index in [2.05, 4.69) is 17.6 Å². The molecule has 0 spiro atoms. The summed E-state index contributed by atoms with van der Waals surface area (Å²) in [6.07, 6.45) is 7.00. The molecule has 1 saturated carbocycles. The van der Waals surface area contributed by atoms with E-state index < -0.39 is 42.0 Å². The van der Waals surface area contributed by atoms with E-state index in [0.717, 1.165) is 51.4 Å². The van der Waals surface area contributed by atoms with Crippen LogP contribution in [0.5, 0.6) is 5.75 Å². The molecule has 5 N–H and O–H groups in total. The van der Waals surface area contributed by atoms with E-state index in [1.54, 1.807) is 32.9 Å². The van der Waals surface area contributed by atoms with Crippen molar-refractivity contribution in [3.05, 3.63) is 29.8 Å². The van der Waals surface area contributed by atoms with Crippen molar-refractivity contribution in [2.45, 2.75) is 116 Å². The normalized spacial score (nSPS) is 15.6. The maximum absolute atomic E-state index is 14.0. The van der Waals surface area contributed by atoms with Gasteiger partial charge in [0.1, 0.15) is 23.4 Å².